The van der Waals surface area contributed by atoms with Gasteiger partial charge in [0.2, 0.25) is 10.0 Å². The molecular formula is C15H15N3O5S3. The molecule has 0 aromatic carbocycles. The Labute approximate surface area is 158 Å². The summed E-state index contributed by atoms with van der Waals surface area (Å²) in [6.45, 7) is 0.305. The third kappa shape index (κ3) is 5.27. The van der Waals surface area contributed by atoms with Crippen LogP contribution >= 0.6 is 23.1 Å². The summed E-state index contributed by atoms with van der Waals surface area (Å²) in [5, 5.41) is 8.04. The van der Waals surface area contributed by atoms with E-state index in [1.165, 1.54) is 17.6 Å². The molecule has 11 heteroatoms. The summed E-state index contributed by atoms with van der Waals surface area (Å²) in [7, 11) is -3.20. The van der Waals surface area contributed by atoms with Gasteiger partial charge in [0, 0.05) is 11.4 Å². The molecule has 0 aliphatic carbocycles. The SMILES string of the molecule is CS(=O)(=O)NCCc1ccc(C(=O)CSc2nnc(-c3ccco3)o2)s1. The number of hydrogen-bond acceptors (Lipinski definition) is 9. The molecule has 0 fully saturated rings. The molecule has 0 atom stereocenters. The van der Waals surface area contributed by atoms with Crippen LogP contribution < -0.4 is 4.72 Å². The molecule has 0 aliphatic heterocycles. The molecule has 0 saturated heterocycles. The molecule has 0 spiro atoms. The second-order valence-electron chi connectivity index (χ2n) is 5.24. The smallest absolute Gasteiger partial charge is 0.284 e. The van der Waals surface area contributed by atoms with Gasteiger partial charge in [-0.3, -0.25) is 4.79 Å². The van der Waals surface area contributed by atoms with Crippen molar-refractivity contribution in [2.45, 2.75) is 11.6 Å². The van der Waals surface area contributed by atoms with Gasteiger partial charge in [0.1, 0.15) is 0 Å². The van der Waals surface area contributed by atoms with Gasteiger partial charge in [-0.15, -0.1) is 21.5 Å². The highest BCUT2D eigenvalue weighted by Crippen LogP contribution is 2.25. The molecule has 3 heterocycles. The molecule has 1 N–H and O–H groups in total. The number of furan rings is 1. The summed E-state index contributed by atoms with van der Waals surface area (Å²) >= 11 is 2.51. The second-order valence-corrected chi connectivity index (χ2v) is 9.17. The van der Waals surface area contributed by atoms with Gasteiger partial charge in [0.05, 0.1) is 23.1 Å². The van der Waals surface area contributed by atoms with Crippen LogP contribution in [0.5, 0.6) is 0 Å². The van der Waals surface area contributed by atoms with E-state index in [0.29, 0.717) is 28.8 Å². The molecule has 3 rings (SSSR count). The van der Waals surface area contributed by atoms with E-state index in [2.05, 4.69) is 14.9 Å². The zero-order chi connectivity index (χ0) is 18.6. The predicted octanol–water partition coefficient (Wildman–Crippen LogP) is 2.46. The van der Waals surface area contributed by atoms with Crippen molar-refractivity contribution in [3.05, 3.63) is 40.3 Å². The summed E-state index contributed by atoms with van der Waals surface area (Å²) in [5.74, 6) is 0.851. The molecule has 3 aromatic rings. The summed E-state index contributed by atoms with van der Waals surface area (Å²) < 4.78 is 35.1. The number of Topliss-reactive ketones (excluding diaryl/α,β-unsaturated/α-hetero) is 1. The number of thiophene rings is 1. The number of thioether (sulfide) groups is 1. The van der Waals surface area contributed by atoms with Crippen LogP contribution in [0.4, 0.5) is 0 Å². The largest absolute Gasteiger partial charge is 0.459 e. The Balaban J connectivity index is 1.51. The van der Waals surface area contributed by atoms with Gasteiger partial charge in [0.25, 0.3) is 11.1 Å². The predicted molar refractivity (Wildman–Crippen MR) is 97.9 cm³/mol. The van der Waals surface area contributed by atoms with Crippen LogP contribution in [0.25, 0.3) is 11.7 Å². The third-order valence-electron chi connectivity index (χ3n) is 3.14. The Morgan fingerprint density at radius 1 is 1.31 bits per heavy atom. The minimum atomic E-state index is -3.20. The first kappa shape index (κ1) is 18.8. The van der Waals surface area contributed by atoms with Crippen LogP contribution in [0, 0.1) is 0 Å². The highest BCUT2D eigenvalue weighted by Gasteiger charge is 2.15. The number of nitrogens with one attached hydrogen (secondary N) is 1. The van der Waals surface area contributed by atoms with Crippen molar-refractivity contribution in [3.8, 4) is 11.7 Å². The van der Waals surface area contributed by atoms with Crippen LogP contribution in [0.15, 0.2) is 44.6 Å². The summed E-state index contributed by atoms with van der Waals surface area (Å²) in [4.78, 5) is 13.8. The maximum atomic E-state index is 12.3. The van der Waals surface area contributed by atoms with Crippen molar-refractivity contribution in [2.75, 3.05) is 18.6 Å². The monoisotopic (exact) mass is 413 g/mol. The number of nitrogens with zero attached hydrogens (tertiary/aromatic N) is 2. The number of carbonyl (C=O) groups excluding carboxylic acids is 1. The first-order chi connectivity index (χ1) is 12.4. The van der Waals surface area contributed by atoms with E-state index in [1.807, 2.05) is 6.07 Å². The summed E-state index contributed by atoms with van der Waals surface area (Å²) in [6.07, 6.45) is 3.16. The molecular weight excluding hydrogens is 398 g/mol. The lowest BCUT2D eigenvalue weighted by Gasteiger charge is -1.99. The van der Waals surface area contributed by atoms with Gasteiger partial charge in [-0.2, -0.15) is 0 Å². The molecule has 0 amide bonds. The molecule has 3 aromatic heterocycles. The third-order valence-corrected chi connectivity index (χ3v) is 5.87. The summed E-state index contributed by atoms with van der Waals surface area (Å²) in [6, 6.07) is 6.99. The van der Waals surface area contributed by atoms with E-state index >= 15 is 0 Å². The topological polar surface area (TPSA) is 115 Å². The molecule has 0 radical (unpaired) electrons. The first-order valence-corrected chi connectivity index (χ1v) is 11.2. The quantitative estimate of drug-likeness (QED) is 0.420. The summed E-state index contributed by atoms with van der Waals surface area (Å²) in [5.41, 5.74) is 0. The highest BCUT2D eigenvalue weighted by molar-refractivity contribution is 7.99. The second kappa shape index (κ2) is 8.16. The fourth-order valence-corrected chi connectivity index (χ4v) is 4.14. The fourth-order valence-electron chi connectivity index (χ4n) is 1.99. The van der Waals surface area contributed by atoms with Crippen molar-refractivity contribution in [2.24, 2.45) is 0 Å². The number of ketones is 1. The number of rotatable bonds is 9. The maximum Gasteiger partial charge on any atom is 0.284 e. The van der Waals surface area contributed by atoms with E-state index in [9.17, 15) is 13.2 Å². The van der Waals surface area contributed by atoms with E-state index in [0.717, 1.165) is 22.9 Å². The average molecular weight is 414 g/mol. The minimum absolute atomic E-state index is 0.0555. The highest BCUT2D eigenvalue weighted by atomic mass is 32.2. The van der Waals surface area contributed by atoms with Crippen molar-refractivity contribution in [1.29, 1.82) is 0 Å². The number of carbonyl (C=O) groups is 1. The van der Waals surface area contributed by atoms with Gasteiger partial charge in [0.15, 0.2) is 11.5 Å². The molecule has 26 heavy (non-hydrogen) atoms. The Bertz CT molecular complexity index is 976. The molecule has 8 nitrogen and oxygen atoms in total. The lowest BCUT2D eigenvalue weighted by atomic mass is 10.3. The Morgan fingerprint density at radius 2 is 2.15 bits per heavy atom. The van der Waals surface area contributed by atoms with E-state index in [1.54, 1.807) is 18.2 Å². The Kier molecular flexibility index (Phi) is 5.91. The average Bonchev–Trinajstić information content (AvgIpc) is 3.31. The molecule has 138 valence electrons. The zero-order valence-corrected chi connectivity index (χ0v) is 16.1. The van der Waals surface area contributed by atoms with E-state index in [-0.39, 0.29) is 17.4 Å². The molecule has 0 aliphatic rings. The van der Waals surface area contributed by atoms with Crippen LogP contribution in [0.2, 0.25) is 0 Å². The molecule has 0 unspecified atom stereocenters. The van der Waals surface area contributed by atoms with E-state index in [4.69, 9.17) is 8.83 Å². The Hall–Kier alpha value is -1.95. The normalized spacial score (nSPS) is 11.7. The van der Waals surface area contributed by atoms with Gasteiger partial charge in [-0.1, -0.05) is 11.8 Å². The minimum Gasteiger partial charge on any atom is -0.459 e. The van der Waals surface area contributed by atoms with E-state index < -0.39 is 10.0 Å². The number of hydrogen-bond donors (Lipinski definition) is 1. The number of aromatic nitrogens is 2. The number of sulfonamides is 1. The van der Waals surface area contributed by atoms with Crippen LogP contribution in [-0.4, -0.2) is 43.0 Å². The van der Waals surface area contributed by atoms with Gasteiger partial charge < -0.3 is 8.83 Å². The lowest BCUT2D eigenvalue weighted by molar-refractivity contribution is 0.102. The van der Waals surface area contributed by atoms with Crippen molar-refractivity contribution < 1.29 is 22.0 Å². The lowest BCUT2D eigenvalue weighted by Crippen LogP contribution is -2.23. The van der Waals surface area contributed by atoms with Gasteiger partial charge in [-0.25, -0.2) is 13.1 Å². The van der Waals surface area contributed by atoms with Crippen molar-refractivity contribution >= 4 is 38.9 Å². The van der Waals surface area contributed by atoms with Crippen molar-refractivity contribution in [1.82, 2.24) is 14.9 Å². The standard InChI is InChI=1S/C15H15N3O5S3/c1-26(20,21)16-7-6-10-4-5-13(25-10)11(19)9-24-15-18-17-14(23-15)12-3-2-8-22-12/h2-5,8,16H,6-7,9H2,1H3. The molecule has 0 saturated carbocycles. The van der Waals surface area contributed by atoms with Gasteiger partial charge in [-0.05, 0) is 30.7 Å². The fraction of sp³-hybridized carbons (Fsp3) is 0.267. The van der Waals surface area contributed by atoms with Gasteiger partial charge >= 0.3 is 0 Å². The van der Waals surface area contributed by atoms with Crippen molar-refractivity contribution in [3.63, 3.8) is 0 Å². The zero-order valence-electron chi connectivity index (χ0n) is 13.7. The molecule has 0 bridgehead atoms. The van der Waals surface area contributed by atoms with Crippen LogP contribution in [-0.2, 0) is 16.4 Å². The first-order valence-electron chi connectivity index (χ1n) is 7.47. The van der Waals surface area contributed by atoms with Crippen LogP contribution in [0.1, 0.15) is 14.5 Å². The van der Waals surface area contributed by atoms with Crippen LogP contribution in [0.3, 0.4) is 0 Å². The Morgan fingerprint density at radius 3 is 2.88 bits per heavy atom. The maximum absolute atomic E-state index is 12.3.